The molecule has 0 atom stereocenters. The predicted molar refractivity (Wildman–Crippen MR) is 117 cm³/mol. The Morgan fingerprint density at radius 2 is 1.96 bits per heavy atom. The van der Waals surface area contributed by atoms with Crippen molar-refractivity contribution in [3.05, 3.63) is 28.7 Å². The van der Waals surface area contributed by atoms with Gasteiger partial charge in [-0.2, -0.15) is 0 Å². The number of benzene rings is 1. The molecule has 0 radical (unpaired) electrons. The second-order valence-corrected chi connectivity index (χ2v) is 7.58. The minimum absolute atomic E-state index is 0.0335. The third-order valence-corrected chi connectivity index (χ3v) is 5.32. The lowest BCUT2D eigenvalue weighted by molar-refractivity contribution is 0.194. The summed E-state index contributed by atoms with van der Waals surface area (Å²) >= 11 is 6.31. The van der Waals surface area contributed by atoms with E-state index in [1.165, 1.54) is 11.8 Å². The fourth-order valence-corrected chi connectivity index (χ4v) is 3.29. The zero-order valence-corrected chi connectivity index (χ0v) is 17.1. The van der Waals surface area contributed by atoms with E-state index in [-0.39, 0.29) is 33.4 Å². The van der Waals surface area contributed by atoms with Crippen molar-refractivity contribution in [2.45, 2.75) is 45.1 Å². The Morgan fingerprint density at radius 3 is 2.61 bits per heavy atom. The van der Waals surface area contributed by atoms with Crippen LogP contribution in [0.15, 0.2) is 18.1 Å². The maximum absolute atomic E-state index is 12.0. The molecule has 1 aliphatic heterocycles. The topological polar surface area (TPSA) is 38.8 Å². The minimum Gasteiger partial charge on any atom is -0.368 e. The van der Waals surface area contributed by atoms with Crippen LogP contribution >= 0.6 is 11.6 Å². The van der Waals surface area contributed by atoms with Gasteiger partial charge in [-0.15, -0.1) is 0 Å². The molecule has 5 nitrogen and oxygen atoms in total. The van der Waals surface area contributed by atoms with E-state index < -0.39 is 67.7 Å². The maximum Gasteiger partial charge on any atom is 0.317 e. The van der Waals surface area contributed by atoms with E-state index in [0.717, 1.165) is 0 Å². The Bertz CT molecular complexity index is 1130. The first-order valence-corrected chi connectivity index (χ1v) is 9.66. The molecule has 6 heteroatoms. The van der Waals surface area contributed by atoms with Crippen LogP contribution in [0.3, 0.4) is 0 Å². The molecule has 1 saturated carbocycles. The number of nitrogens with one attached hydrogen (secondary N) is 1. The van der Waals surface area contributed by atoms with Gasteiger partial charge in [0.05, 0.1) is 20.3 Å². The first kappa shape index (κ1) is 10.0. The van der Waals surface area contributed by atoms with Crippen LogP contribution in [0.5, 0.6) is 0 Å². The molecule has 156 valence electrons. The number of piperazine rings is 1. The van der Waals surface area contributed by atoms with E-state index in [1.807, 2.05) is 0 Å². The largest absolute Gasteiger partial charge is 0.368 e. The number of rotatable bonds is 5. The average molecular weight is 420 g/mol. The molecular formula is C22H35ClN4O. The van der Waals surface area contributed by atoms with Crippen LogP contribution in [-0.4, -0.2) is 68.5 Å². The molecule has 0 spiro atoms. The highest BCUT2D eigenvalue weighted by Crippen LogP contribution is 2.30. The van der Waals surface area contributed by atoms with Gasteiger partial charge in [-0.1, -0.05) is 23.7 Å². The second kappa shape index (κ2) is 9.84. The van der Waals surface area contributed by atoms with Crippen LogP contribution in [-0.2, 0) is 0 Å². The van der Waals surface area contributed by atoms with Crippen molar-refractivity contribution >= 4 is 23.3 Å². The van der Waals surface area contributed by atoms with Crippen molar-refractivity contribution in [1.82, 2.24) is 15.1 Å². The van der Waals surface area contributed by atoms with Crippen LogP contribution in [0.1, 0.15) is 55.5 Å². The van der Waals surface area contributed by atoms with Gasteiger partial charge >= 0.3 is 6.03 Å². The highest BCUT2D eigenvalue weighted by molar-refractivity contribution is 6.34. The molecule has 2 amide bonds. The Morgan fingerprint density at radius 1 is 1.29 bits per heavy atom. The number of amides is 2. The minimum atomic E-state index is -3.52. The molecule has 0 aromatic heterocycles. The second-order valence-electron chi connectivity index (χ2n) is 7.20. The molecule has 1 N–H and O–H groups in total. The lowest BCUT2D eigenvalue weighted by Gasteiger charge is -2.37. The molecule has 3 rings (SSSR count). The number of carbonyl (C=O) groups is 1. The Kier molecular flexibility index (Phi) is 3.52. The number of anilines is 1. The molecule has 1 aliphatic carbocycles. The van der Waals surface area contributed by atoms with Crippen molar-refractivity contribution < 1.29 is 22.6 Å². The summed E-state index contributed by atoms with van der Waals surface area (Å²) in [6, 6.07) is -2.51. The molecule has 1 heterocycles. The fourth-order valence-electron chi connectivity index (χ4n) is 3.11. The smallest absolute Gasteiger partial charge is 0.317 e. The van der Waals surface area contributed by atoms with E-state index in [1.54, 1.807) is 14.1 Å². The Balaban J connectivity index is 2.02. The van der Waals surface area contributed by atoms with E-state index in [9.17, 15) is 4.79 Å². The average Bonchev–Trinajstić information content (AvgIpc) is 2.83. The molecule has 2 fully saturated rings. The first-order valence-electron chi connectivity index (χ1n) is 15.8. The van der Waals surface area contributed by atoms with E-state index >= 15 is 0 Å². The summed E-state index contributed by atoms with van der Waals surface area (Å²) in [5.41, 5.74) is -0.906. The van der Waals surface area contributed by atoms with Crippen LogP contribution < -0.4 is 10.2 Å². The van der Waals surface area contributed by atoms with Gasteiger partial charge in [-0.3, -0.25) is 4.90 Å². The lowest BCUT2D eigenvalue weighted by atomic mass is 9.84. The number of carbonyl (C=O) groups excluding carboxylic acids is 1. The van der Waals surface area contributed by atoms with Crippen LogP contribution in [0.2, 0.25) is 5.02 Å². The Hall–Kier alpha value is -1.46. The van der Waals surface area contributed by atoms with Gasteiger partial charge in [0, 0.05) is 54.3 Å². The molecule has 1 saturated heterocycles. The molecule has 0 unspecified atom stereocenters. The molecule has 0 bridgehead atoms. The molecule has 1 aromatic rings. The quantitative estimate of drug-likeness (QED) is 0.784. The third-order valence-electron chi connectivity index (χ3n) is 4.86. The molecule has 2 aliphatic rings. The van der Waals surface area contributed by atoms with Gasteiger partial charge in [0.25, 0.3) is 0 Å². The van der Waals surface area contributed by atoms with Gasteiger partial charge < -0.3 is 15.1 Å². The van der Waals surface area contributed by atoms with Gasteiger partial charge in [0.2, 0.25) is 0 Å². The number of hydrogen-bond donors (Lipinski definition) is 1. The normalized spacial score (nSPS) is 38.0. The standard InChI is InChI=1S/C22H35ClN4O/c1-17-5-4-6-20(21(17)23)27-15-13-26(14-16-27)12-11-18-7-9-19(10-8-18)24-22(28)25(2)3/h4-6,18-19H,7-16H2,1-3H3,(H,24,28)/i4D,5D,6D,12D2,13D2,14D2,15D2,16D2. The predicted octanol–water partition coefficient (Wildman–Crippen LogP) is 3.99. The highest BCUT2D eigenvalue weighted by atomic mass is 35.5. The van der Waals surface area contributed by atoms with E-state index in [2.05, 4.69) is 5.32 Å². The summed E-state index contributed by atoms with van der Waals surface area (Å²) in [6.07, 6.45) is 1.42. The van der Waals surface area contributed by atoms with Crippen LogP contribution in [0.25, 0.3) is 0 Å². The third kappa shape index (κ3) is 5.54. The number of hydrogen-bond acceptors (Lipinski definition) is 3. The molecule has 1 aromatic carbocycles. The van der Waals surface area contributed by atoms with Crippen LogP contribution in [0, 0.1) is 12.8 Å². The summed E-state index contributed by atoms with van der Waals surface area (Å²) in [5, 5.41) is 2.35. The lowest BCUT2D eigenvalue weighted by Crippen LogP contribution is -2.47. The van der Waals surface area contributed by atoms with Crippen molar-refractivity contribution in [3.8, 4) is 0 Å². The monoisotopic (exact) mass is 419 g/mol. The summed E-state index contributed by atoms with van der Waals surface area (Å²) in [7, 11) is 3.20. The SMILES string of the molecule is [2H]c1c([2H])c(C)c(Cl)c(N2C([2H])([2H])C([2H])([2H])N(C([2H])([2H])CC3CCC(NC(=O)N(C)C)CC3)C([2H])([2H])C2([2H])[2H])c1[2H]. The Labute approximate surface area is 193 Å². The van der Waals surface area contributed by atoms with Crippen molar-refractivity contribution in [3.63, 3.8) is 0 Å². The zero-order valence-electron chi connectivity index (χ0n) is 29.3. The van der Waals surface area contributed by atoms with E-state index in [0.29, 0.717) is 25.7 Å². The van der Waals surface area contributed by atoms with Crippen molar-refractivity contribution in [2.24, 2.45) is 5.92 Å². The number of urea groups is 1. The first-order chi connectivity index (χ1) is 18.4. The van der Waals surface area contributed by atoms with Crippen molar-refractivity contribution in [2.75, 3.05) is 51.5 Å². The number of halogens is 1. The van der Waals surface area contributed by atoms with Gasteiger partial charge in [-0.25, -0.2) is 4.79 Å². The molecular weight excluding hydrogens is 372 g/mol. The van der Waals surface area contributed by atoms with Gasteiger partial charge in [0.1, 0.15) is 0 Å². The zero-order chi connectivity index (χ0) is 31.7. The fraction of sp³-hybridized carbons (Fsp3) is 0.682. The van der Waals surface area contributed by atoms with Crippen LogP contribution in [0.4, 0.5) is 10.5 Å². The molecule has 28 heavy (non-hydrogen) atoms. The van der Waals surface area contributed by atoms with Crippen molar-refractivity contribution in [1.29, 1.82) is 0 Å². The summed E-state index contributed by atoms with van der Waals surface area (Å²) < 4.78 is 111. The van der Waals surface area contributed by atoms with Gasteiger partial charge in [0.15, 0.2) is 0 Å². The highest BCUT2D eigenvalue weighted by Gasteiger charge is 2.24. The maximum atomic E-state index is 12.0. The van der Waals surface area contributed by atoms with E-state index in [4.69, 9.17) is 29.4 Å². The van der Waals surface area contributed by atoms with Gasteiger partial charge in [-0.05, 0) is 63.0 Å². The number of nitrogens with zero attached hydrogens (tertiary/aromatic N) is 3. The summed E-state index contributed by atoms with van der Waals surface area (Å²) in [6.45, 7) is -15.6. The summed E-state index contributed by atoms with van der Waals surface area (Å²) in [5.74, 6) is -0.383. The summed E-state index contributed by atoms with van der Waals surface area (Å²) in [4.78, 5) is 13.4.